The molecule has 3 rings (SSSR count). The molecular formula is C26H17ClF13NO2. The first-order valence-electron chi connectivity index (χ1n) is 11.6. The standard InChI is InChI=1S/C26H17ClF13NO2/c27-20-8-7-18(11-19(20)23(30,31)32)43-17-6-2-5-16(10-17)41(13-21(42)24(33,34)35)12-14-3-1-4-15(9-14)22(28,29)25(36,37)26(38,39)40/h1-11,21,42H,12-13H2. The molecule has 17 heteroatoms. The van der Waals surface area contributed by atoms with Gasteiger partial charge < -0.3 is 14.7 Å². The third-order valence-corrected chi connectivity index (χ3v) is 6.18. The van der Waals surface area contributed by atoms with Crippen LogP contribution in [0.3, 0.4) is 0 Å². The number of aliphatic hydroxyl groups is 1. The molecule has 3 aromatic carbocycles. The number of halogens is 14. The largest absolute Gasteiger partial charge is 0.460 e. The number of rotatable bonds is 9. The van der Waals surface area contributed by atoms with E-state index in [0.29, 0.717) is 17.0 Å². The molecule has 0 heterocycles. The lowest BCUT2D eigenvalue weighted by molar-refractivity contribution is -0.359. The predicted molar refractivity (Wildman–Crippen MR) is 127 cm³/mol. The Bertz CT molecular complexity index is 1420. The number of alkyl halides is 13. The SMILES string of the molecule is OC(CN(Cc1cccc(C(F)(F)C(F)(F)C(F)(F)F)c1)c1cccc(Oc2ccc(Cl)c(C(F)(F)F)c2)c1)C(F)(F)F. The zero-order valence-electron chi connectivity index (χ0n) is 20.9. The second-order valence-electron chi connectivity index (χ2n) is 9.02. The molecule has 236 valence electrons. The van der Waals surface area contributed by atoms with E-state index in [1.165, 1.54) is 12.1 Å². The topological polar surface area (TPSA) is 32.7 Å². The molecule has 0 radical (unpaired) electrons. The molecule has 0 bridgehead atoms. The van der Waals surface area contributed by atoms with Crippen LogP contribution >= 0.6 is 11.6 Å². The van der Waals surface area contributed by atoms with Crippen LogP contribution < -0.4 is 9.64 Å². The Labute approximate surface area is 239 Å². The maximum Gasteiger partial charge on any atom is 0.460 e. The molecule has 3 aromatic rings. The number of nitrogens with zero attached hydrogens (tertiary/aromatic N) is 1. The van der Waals surface area contributed by atoms with Crippen molar-refractivity contribution in [3.8, 4) is 11.5 Å². The number of hydrogen-bond donors (Lipinski definition) is 1. The second kappa shape index (κ2) is 11.9. The van der Waals surface area contributed by atoms with Gasteiger partial charge in [-0.25, -0.2) is 0 Å². The highest BCUT2D eigenvalue weighted by atomic mass is 35.5. The normalized spacial score (nSPS) is 14.0. The van der Waals surface area contributed by atoms with Gasteiger partial charge in [0.05, 0.1) is 17.1 Å². The first-order valence-corrected chi connectivity index (χ1v) is 12.0. The maximum atomic E-state index is 14.3. The molecule has 1 N–H and O–H groups in total. The van der Waals surface area contributed by atoms with E-state index >= 15 is 0 Å². The molecule has 0 fully saturated rings. The summed E-state index contributed by atoms with van der Waals surface area (Å²) in [6, 6.07) is 9.11. The average molecular weight is 658 g/mol. The van der Waals surface area contributed by atoms with Gasteiger partial charge in [0.2, 0.25) is 0 Å². The van der Waals surface area contributed by atoms with Crippen molar-refractivity contribution >= 4 is 17.3 Å². The van der Waals surface area contributed by atoms with Gasteiger partial charge in [-0.1, -0.05) is 35.9 Å². The van der Waals surface area contributed by atoms with Crippen molar-refractivity contribution in [2.45, 2.75) is 43.0 Å². The molecule has 3 nitrogen and oxygen atoms in total. The third kappa shape index (κ3) is 7.77. The summed E-state index contributed by atoms with van der Waals surface area (Å²) in [5.41, 5.74) is -3.73. The van der Waals surface area contributed by atoms with Crippen LogP contribution in [0.5, 0.6) is 11.5 Å². The zero-order chi connectivity index (χ0) is 32.6. The van der Waals surface area contributed by atoms with Gasteiger partial charge in [0.15, 0.2) is 6.10 Å². The lowest BCUT2D eigenvalue weighted by Crippen LogP contribution is -2.50. The lowest BCUT2D eigenvalue weighted by atomic mass is 9.99. The van der Waals surface area contributed by atoms with Crippen molar-refractivity contribution in [3.63, 3.8) is 0 Å². The molecule has 0 aliphatic carbocycles. The first kappa shape index (κ1) is 34.1. The fraction of sp³-hybridized carbons (Fsp3) is 0.308. The minimum absolute atomic E-state index is 0.233. The van der Waals surface area contributed by atoms with Crippen molar-refractivity contribution < 1.29 is 66.9 Å². The van der Waals surface area contributed by atoms with Gasteiger partial charge in [0.1, 0.15) is 11.5 Å². The van der Waals surface area contributed by atoms with Crippen LogP contribution in [0.2, 0.25) is 5.02 Å². The molecule has 1 atom stereocenters. The van der Waals surface area contributed by atoms with Crippen LogP contribution in [0.15, 0.2) is 66.7 Å². The summed E-state index contributed by atoms with van der Waals surface area (Å²) in [5.74, 6) is -12.9. The summed E-state index contributed by atoms with van der Waals surface area (Å²) in [4.78, 5) is 0.715. The van der Waals surface area contributed by atoms with E-state index in [4.69, 9.17) is 16.3 Å². The predicted octanol–water partition coefficient (Wildman–Crippen LogP) is 9.37. The van der Waals surface area contributed by atoms with Gasteiger partial charge in [-0.15, -0.1) is 0 Å². The fourth-order valence-corrected chi connectivity index (χ4v) is 3.91. The molecule has 1 unspecified atom stereocenters. The van der Waals surface area contributed by atoms with E-state index in [0.717, 1.165) is 30.3 Å². The van der Waals surface area contributed by atoms with Gasteiger partial charge in [0.25, 0.3) is 0 Å². The molecule has 0 aromatic heterocycles. The summed E-state index contributed by atoms with van der Waals surface area (Å²) in [5, 5.41) is 9.00. The highest BCUT2D eigenvalue weighted by Crippen LogP contribution is 2.52. The van der Waals surface area contributed by atoms with Crippen LogP contribution in [0, 0.1) is 0 Å². The summed E-state index contributed by atoms with van der Waals surface area (Å²) in [6.07, 6.45) is -19.8. The summed E-state index contributed by atoms with van der Waals surface area (Å²) >= 11 is 5.56. The van der Waals surface area contributed by atoms with E-state index in [1.54, 1.807) is 0 Å². The van der Waals surface area contributed by atoms with Gasteiger partial charge in [0, 0.05) is 23.9 Å². The molecule has 0 aliphatic heterocycles. The number of aliphatic hydroxyl groups excluding tert-OH is 1. The van der Waals surface area contributed by atoms with E-state index in [2.05, 4.69) is 0 Å². The average Bonchev–Trinajstić information content (AvgIpc) is 2.87. The van der Waals surface area contributed by atoms with Crippen molar-refractivity contribution in [3.05, 3.63) is 88.4 Å². The number of hydrogen-bond acceptors (Lipinski definition) is 3. The van der Waals surface area contributed by atoms with E-state index in [-0.39, 0.29) is 23.6 Å². The van der Waals surface area contributed by atoms with E-state index in [9.17, 15) is 62.2 Å². The quantitative estimate of drug-likeness (QED) is 0.233. The smallest absolute Gasteiger partial charge is 0.457 e. The Morgan fingerprint density at radius 1 is 0.744 bits per heavy atom. The summed E-state index contributed by atoms with van der Waals surface area (Å²) in [7, 11) is 0. The van der Waals surface area contributed by atoms with Gasteiger partial charge in [-0.3, -0.25) is 0 Å². The lowest BCUT2D eigenvalue weighted by Gasteiger charge is -2.30. The minimum Gasteiger partial charge on any atom is -0.457 e. The first-order chi connectivity index (χ1) is 19.5. The summed E-state index contributed by atoms with van der Waals surface area (Å²) < 4.78 is 178. The van der Waals surface area contributed by atoms with Crippen molar-refractivity contribution in [2.75, 3.05) is 11.4 Å². The van der Waals surface area contributed by atoms with Crippen molar-refractivity contribution in [1.29, 1.82) is 0 Å². The van der Waals surface area contributed by atoms with Crippen LogP contribution in [0.4, 0.5) is 62.8 Å². The minimum atomic E-state index is -6.64. The fourth-order valence-electron chi connectivity index (χ4n) is 3.68. The van der Waals surface area contributed by atoms with Gasteiger partial charge >= 0.3 is 30.4 Å². The number of ether oxygens (including phenoxy) is 1. The molecule has 0 aliphatic rings. The number of anilines is 1. The van der Waals surface area contributed by atoms with Crippen LogP contribution in [0.1, 0.15) is 16.7 Å². The molecule has 0 saturated heterocycles. The molecule has 0 spiro atoms. The van der Waals surface area contributed by atoms with E-state index < -0.39 is 77.0 Å². The molecule has 0 saturated carbocycles. The molecule has 43 heavy (non-hydrogen) atoms. The Hall–Kier alpha value is -3.40. The number of benzene rings is 3. The Morgan fingerprint density at radius 2 is 1.35 bits per heavy atom. The van der Waals surface area contributed by atoms with Crippen LogP contribution in [-0.2, 0) is 18.6 Å². The van der Waals surface area contributed by atoms with Crippen LogP contribution in [-0.4, -0.2) is 36.0 Å². The molecular weight excluding hydrogens is 641 g/mol. The van der Waals surface area contributed by atoms with Crippen molar-refractivity contribution in [1.82, 2.24) is 0 Å². The maximum absolute atomic E-state index is 14.3. The monoisotopic (exact) mass is 657 g/mol. The Balaban J connectivity index is 1.99. The highest BCUT2D eigenvalue weighted by Gasteiger charge is 2.73. The highest BCUT2D eigenvalue weighted by molar-refractivity contribution is 6.31. The van der Waals surface area contributed by atoms with Crippen molar-refractivity contribution in [2.24, 2.45) is 0 Å². The summed E-state index contributed by atoms with van der Waals surface area (Å²) in [6.45, 7) is -2.12. The third-order valence-electron chi connectivity index (χ3n) is 5.85. The van der Waals surface area contributed by atoms with Gasteiger partial charge in [-0.05, 0) is 42.0 Å². The van der Waals surface area contributed by atoms with Gasteiger partial charge in [-0.2, -0.15) is 57.1 Å². The Morgan fingerprint density at radius 3 is 1.93 bits per heavy atom. The second-order valence-corrected chi connectivity index (χ2v) is 9.43. The Kier molecular flexibility index (Phi) is 9.47. The molecule has 0 amide bonds. The van der Waals surface area contributed by atoms with Crippen LogP contribution in [0.25, 0.3) is 0 Å². The van der Waals surface area contributed by atoms with E-state index in [1.807, 2.05) is 0 Å². The zero-order valence-corrected chi connectivity index (χ0v) is 21.7.